The largest absolute Gasteiger partial charge is 0.479 e. The monoisotopic (exact) mass is 567 g/mol. The van der Waals surface area contributed by atoms with Crippen molar-refractivity contribution in [2.45, 2.75) is 25.4 Å². The third-order valence-corrected chi connectivity index (χ3v) is 5.38. The highest BCUT2D eigenvalue weighted by atomic mass is 32.2. The highest BCUT2D eigenvalue weighted by Gasteiger charge is 2.35. The van der Waals surface area contributed by atoms with E-state index in [1.165, 1.54) is 12.3 Å². The third kappa shape index (κ3) is 7.60. The molecule has 0 fully saturated rings. The fourth-order valence-corrected chi connectivity index (χ4v) is 3.83. The second-order valence-corrected chi connectivity index (χ2v) is 10.3. The van der Waals surface area contributed by atoms with E-state index in [1.807, 2.05) is 0 Å². The molecule has 0 aliphatic carbocycles. The molecular weight excluding hydrogens is 547 g/mol. The van der Waals surface area contributed by atoms with Crippen molar-refractivity contribution in [3.05, 3.63) is 48.0 Å². The van der Waals surface area contributed by atoms with Crippen LogP contribution in [0.3, 0.4) is 0 Å². The van der Waals surface area contributed by atoms with Crippen LogP contribution in [0.2, 0.25) is 0 Å². The van der Waals surface area contributed by atoms with Crippen LogP contribution in [-0.4, -0.2) is 51.0 Å². The smallest absolute Gasteiger partial charge is 0.417 e. The molecule has 206 valence electrons. The molecule has 2 aromatic carbocycles. The molecule has 1 amide bonds. The number of halogens is 7. The average Bonchev–Trinajstić information content (AvgIpc) is 2.76. The molecule has 0 aliphatic rings. The number of nitrogens with one attached hydrogen (secondary N) is 3. The van der Waals surface area contributed by atoms with Crippen molar-refractivity contribution in [1.29, 1.82) is 0 Å². The molecule has 0 spiro atoms. The van der Waals surface area contributed by atoms with Gasteiger partial charge in [-0.3, -0.25) is 4.79 Å². The summed E-state index contributed by atoms with van der Waals surface area (Å²) in [4.78, 5) is 19.7. The highest BCUT2D eigenvalue weighted by Crippen LogP contribution is 2.40. The zero-order valence-corrected chi connectivity index (χ0v) is 20.4. The molecule has 3 N–H and O–H groups in total. The van der Waals surface area contributed by atoms with Crippen molar-refractivity contribution in [3.8, 4) is 5.75 Å². The van der Waals surface area contributed by atoms with Gasteiger partial charge in [-0.15, -0.1) is 0 Å². The predicted octanol–water partition coefficient (Wildman–Crippen LogP) is 4.65. The van der Waals surface area contributed by atoms with Gasteiger partial charge >= 0.3 is 12.4 Å². The van der Waals surface area contributed by atoms with Crippen molar-refractivity contribution >= 4 is 49.6 Å². The molecule has 0 saturated carbocycles. The summed E-state index contributed by atoms with van der Waals surface area (Å²) in [5, 5.41) is 3.70. The lowest BCUT2D eigenvalue weighted by molar-refractivity contribution is -0.142. The van der Waals surface area contributed by atoms with E-state index < -0.39 is 57.4 Å². The average molecular weight is 567 g/mol. The second-order valence-electron chi connectivity index (χ2n) is 8.10. The fraction of sp³-hybridized carbons (Fsp3) is 0.273. The van der Waals surface area contributed by atoms with Crippen LogP contribution in [-0.2, 0) is 20.7 Å². The zero-order valence-electron chi connectivity index (χ0n) is 19.6. The topological polar surface area (TPSA) is 105 Å². The summed E-state index contributed by atoms with van der Waals surface area (Å²) in [6, 6.07) is 4.70. The summed E-state index contributed by atoms with van der Waals surface area (Å²) >= 11 is 0. The molecule has 2 atom stereocenters. The Hall–Kier alpha value is -3.82. The van der Waals surface area contributed by atoms with Gasteiger partial charge in [-0.05, 0) is 37.1 Å². The van der Waals surface area contributed by atoms with Gasteiger partial charge in [-0.25, -0.2) is 18.6 Å². The third-order valence-electron chi connectivity index (χ3n) is 4.71. The van der Waals surface area contributed by atoms with E-state index >= 15 is 0 Å². The van der Waals surface area contributed by atoms with Gasteiger partial charge < -0.3 is 20.1 Å². The van der Waals surface area contributed by atoms with E-state index in [-0.39, 0.29) is 28.5 Å². The number of nitrogens with zero attached hydrogens (tertiary/aromatic N) is 2. The quantitative estimate of drug-likeness (QED) is 0.271. The van der Waals surface area contributed by atoms with E-state index in [2.05, 4.69) is 25.9 Å². The van der Waals surface area contributed by atoms with Crippen LogP contribution in [0.1, 0.15) is 12.5 Å². The fourth-order valence-electron chi connectivity index (χ4n) is 3.22. The molecule has 0 radical (unpaired) electrons. The van der Waals surface area contributed by atoms with Crippen LogP contribution in [0, 0.1) is 5.82 Å². The number of anilines is 3. The maximum Gasteiger partial charge on any atom is 0.417 e. The van der Waals surface area contributed by atoms with E-state index in [4.69, 9.17) is 4.74 Å². The van der Waals surface area contributed by atoms with Gasteiger partial charge in [0.25, 0.3) is 5.91 Å². The second kappa shape index (κ2) is 10.5. The normalized spacial score (nSPS) is 14.4. The van der Waals surface area contributed by atoms with Crippen molar-refractivity contribution in [2.75, 3.05) is 22.8 Å². The molecule has 1 heterocycles. The van der Waals surface area contributed by atoms with E-state index in [0.717, 1.165) is 31.5 Å². The summed E-state index contributed by atoms with van der Waals surface area (Å²) < 4.78 is 113. The van der Waals surface area contributed by atoms with Crippen LogP contribution in [0.15, 0.2) is 36.7 Å². The van der Waals surface area contributed by atoms with Crippen LogP contribution in [0.25, 0.3) is 10.9 Å². The Morgan fingerprint density at radius 3 is 2.42 bits per heavy atom. The van der Waals surface area contributed by atoms with Gasteiger partial charge in [0, 0.05) is 27.7 Å². The molecule has 2 unspecified atom stereocenters. The van der Waals surface area contributed by atoms with Gasteiger partial charge in [0.05, 0.1) is 22.2 Å². The minimum atomic E-state index is -4.92. The first kappa shape index (κ1) is 28.7. The van der Waals surface area contributed by atoms with Gasteiger partial charge in [-0.1, -0.05) is 0 Å². The maximum absolute atomic E-state index is 14.0. The minimum Gasteiger partial charge on any atom is -0.479 e. The number of carbonyl (C=O) groups is 1. The molecular formula is C22H20F7N5O3S. The lowest BCUT2D eigenvalue weighted by atomic mass is 10.1. The molecule has 8 nitrogen and oxygen atoms in total. The van der Waals surface area contributed by atoms with E-state index in [0.29, 0.717) is 6.07 Å². The number of hydrogen-bond acceptors (Lipinski definition) is 6. The number of amides is 1. The molecule has 38 heavy (non-hydrogen) atoms. The van der Waals surface area contributed by atoms with Gasteiger partial charge in [0.15, 0.2) is 6.10 Å². The number of fused-ring (bicyclic) bond motifs is 1. The summed E-state index contributed by atoms with van der Waals surface area (Å²) in [6.45, 7) is -0.524. The molecule has 1 aromatic heterocycles. The molecule has 3 aromatic rings. The van der Waals surface area contributed by atoms with Crippen molar-refractivity contribution < 1.29 is 44.5 Å². The molecule has 0 saturated heterocycles. The first-order chi connectivity index (χ1) is 17.4. The zero-order chi connectivity index (χ0) is 28.5. The Morgan fingerprint density at radius 1 is 1.13 bits per heavy atom. The SMILES string of the molecule is C=S(C)(=O)Nc1cc(C(F)(F)F)c2c(Nc3ccc(F)cc3OC(C)C(=O)NCC(F)(F)F)ncnc2c1. The minimum absolute atomic E-state index is 0.147. The van der Waals surface area contributed by atoms with Gasteiger partial charge in [0.1, 0.15) is 30.3 Å². The van der Waals surface area contributed by atoms with Gasteiger partial charge in [0.2, 0.25) is 0 Å². The molecule has 0 aliphatic heterocycles. The first-order valence-corrected chi connectivity index (χ1v) is 12.6. The number of alkyl halides is 6. The molecule has 16 heteroatoms. The maximum atomic E-state index is 14.0. The Labute approximate surface area is 211 Å². The number of hydrogen-bond donors (Lipinski definition) is 3. The van der Waals surface area contributed by atoms with Crippen LogP contribution < -0.4 is 20.1 Å². The molecule has 3 rings (SSSR count). The number of rotatable bonds is 8. The Kier molecular flexibility index (Phi) is 7.95. The Balaban J connectivity index is 2.02. The van der Waals surface area contributed by atoms with Crippen LogP contribution in [0.5, 0.6) is 5.75 Å². The number of carbonyl (C=O) groups excluding carboxylic acids is 1. The standard InChI is InChI=1S/C22H20F7N5O3S/c1-11(20(35)30-9-21(24,25)26)37-17-6-12(23)4-5-15(17)33-19-18-14(22(27,28)29)7-13(34-38(2,3)36)8-16(18)31-10-32-19/h4-8,10-11H,2,9H2,1,3H3,(H,30,35)(H,34,36)(H,31,32,33). The summed E-state index contributed by atoms with van der Waals surface area (Å²) in [5.74, 6) is 0.556. The summed E-state index contributed by atoms with van der Waals surface area (Å²) in [7, 11) is -2.93. The predicted molar refractivity (Wildman–Crippen MR) is 128 cm³/mol. The summed E-state index contributed by atoms with van der Waals surface area (Å²) in [5.41, 5.74) is -1.71. The highest BCUT2D eigenvalue weighted by molar-refractivity contribution is 8.00. The van der Waals surface area contributed by atoms with E-state index in [9.17, 15) is 39.7 Å². The lowest BCUT2D eigenvalue weighted by Crippen LogP contribution is -2.41. The lowest BCUT2D eigenvalue weighted by Gasteiger charge is -2.20. The number of aromatic nitrogens is 2. The van der Waals surface area contributed by atoms with Crippen molar-refractivity contribution in [1.82, 2.24) is 15.3 Å². The van der Waals surface area contributed by atoms with Crippen molar-refractivity contribution in [2.24, 2.45) is 0 Å². The Morgan fingerprint density at radius 2 is 1.82 bits per heavy atom. The van der Waals surface area contributed by atoms with Crippen molar-refractivity contribution in [3.63, 3.8) is 0 Å². The first-order valence-electron chi connectivity index (χ1n) is 10.5. The number of benzene rings is 2. The van der Waals surface area contributed by atoms with E-state index in [1.54, 1.807) is 5.32 Å². The molecule has 0 bridgehead atoms. The Bertz CT molecular complexity index is 1460. The van der Waals surface area contributed by atoms with Crippen LogP contribution >= 0.6 is 0 Å². The van der Waals surface area contributed by atoms with Crippen LogP contribution in [0.4, 0.5) is 47.9 Å². The number of ether oxygens (including phenoxy) is 1. The van der Waals surface area contributed by atoms with Gasteiger partial charge in [-0.2, -0.15) is 26.3 Å². The summed E-state index contributed by atoms with van der Waals surface area (Å²) in [6.07, 6.45) is -8.99.